The minimum Gasteiger partial charge on any atom is -0.360 e. The Kier molecular flexibility index (Phi) is 6.93. The van der Waals surface area contributed by atoms with Crippen LogP contribution in [0, 0.1) is 13.8 Å². The number of amides is 2. The normalized spacial score (nSPS) is 16.7. The van der Waals surface area contributed by atoms with Gasteiger partial charge in [-0.25, -0.2) is 4.98 Å². The Balaban J connectivity index is 1.43. The van der Waals surface area contributed by atoms with Crippen LogP contribution in [-0.2, 0) is 16.1 Å². The highest BCUT2D eigenvalue weighted by atomic mass is 32.1. The van der Waals surface area contributed by atoms with Crippen LogP contribution in [0.5, 0.6) is 0 Å². The summed E-state index contributed by atoms with van der Waals surface area (Å²) in [5.41, 5.74) is 5.81. The van der Waals surface area contributed by atoms with Gasteiger partial charge in [-0.2, -0.15) is 0 Å². The second-order valence-electron chi connectivity index (χ2n) is 8.68. The van der Waals surface area contributed by atoms with Crippen molar-refractivity contribution in [1.82, 2.24) is 19.9 Å². The Morgan fingerprint density at radius 1 is 1.27 bits per heavy atom. The van der Waals surface area contributed by atoms with Gasteiger partial charge >= 0.3 is 0 Å². The van der Waals surface area contributed by atoms with E-state index in [9.17, 15) is 9.59 Å². The summed E-state index contributed by atoms with van der Waals surface area (Å²) >= 11 is 1.63. The number of thiazole rings is 1. The molecule has 1 aliphatic heterocycles. The molecule has 1 aromatic carbocycles. The van der Waals surface area contributed by atoms with Gasteiger partial charge in [0, 0.05) is 26.2 Å². The first kappa shape index (κ1) is 23.2. The van der Waals surface area contributed by atoms with Crippen molar-refractivity contribution in [1.29, 1.82) is 0 Å². The minimum atomic E-state index is -0.431. The molecule has 7 nitrogen and oxygen atoms in total. The Bertz CT molecular complexity index is 1120. The fourth-order valence-electron chi connectivity index (χ4n) is 4.48. The summed E-state index contributed by atoms with van der Waals surface area (Å²) in [6, 6.07) is 9.63. The van der Waals surface area contributed by atoms with Crippen molar-refractivity contribution in [2.24, 2.45) is 0 Å². The summed E-state index contributed by atoms with van der Waals surface area (Å²) in [7, 11) is 1.81. The van der Waals surface area contributed by atoms with Gasteiger partial charge < -0.3 is 14.3 Å². The van der Waals surface area contributed by atoms with Gasteiger partial charge in [-0.3, -0.25) is 9.59 Å². The standard InChI is InChI=1S/C25H30N4O3S/c1-5-20(22-13-16(2)27-32-22)24(30)29-12-6-7-21(29)25(31)28(4)14-18-8-10-19(11-9-18)23-17(3)26-15-33-23/h8-11,13,15,20-21H,5-7,12,14H2,1-4H3/t20-,21+/m1/s1. The highest BCUT2D eigenvalue weighted by Crippen LogP contribution is 2.29. The lowest BCUT2D eigenvalue weighted by Gasteiger charge is -2.30. The average molecular weight is 467 g/mol. The van der Waals surface area contributed by atoms with E-state index >= 15 is 0 Å². The lowest BCUT2D eigenvalue weighted by atomic mass is 10.0. The van der Waals surface area contributed by atoms with E-state index in [4.69, 9.17) is 4.52 Å². The van der Waals surface area contributed by atoms with E-state index in [-0.39, 0.29) is 11.8 Å². The lowest BCUT2D eigenvalue weighted by molar-refractivity contribution is -0.144. The highest BCUT2D eigenvalue weighted by molar-refractivity contribution is 7.13. The molecule has 2 atom stereocenters. The summed E-state index contributed by atoms with van der Waals surface area (Å²) < 4.78 is 5.37. The number of aromatic nitrogens is 2. The van der Waals surface area contributed by atoms with Gasteiger partial charge in [0.1, 0.15) is 11.8 Å². The van der Waals surface area contributed by atoms with Crippen LogP contribution in [0.3, 0.4) is 0 Å². The monoisotopic (exact) mass is 466 g/mol. The molecule has 0 unspecified atom stereocenters. The fourth-order valence-corrected chi connectivity index (χ4v) is 5.29. The Hall–Kier alpha value is -3.00. The van der Waals surface area contributed by atoms with Crippen LogP contribution < -0.4 is 0 Å². The number of carbonyl (C=O) groups is 2. The summed E-state index contributed by atoms with van der Waals surface area (Å²) in [5, 5.41) is 3.93. The lowest BCUT2D eigenvalue weighted by Crippen LogP contribution is -2.47. The van der Waals surface area contributed by atoms with E-state index in [1.54, 1.807) is 21.1 Å². The molecule has 8 heteroatoms. The summed E-state index contributed by atoms with van der Waals surface area (Å²) in [5.74, 6) is 0.0874. The molecule has 1 fully saturated rings. The summed E-state index contributed by atoms with van der Waals surface area (Å²) in [6.07, 6.45) is 2.11. The smallest absolute Gasteiger partial charge is 0.245 e. The predicted octanol–water partition coefficient (Wildman–Crippen LogP) is 4.56. The Labute approximate surface area is 198 Å². The molecular weight excluding hydrogens is 436 g/mol. The zero-order chi connectivity index (χ0) is 23.5. The van der Waals surface area contributed by atoms with Crippen LogP contribution in [-0.4, -0.2) is 51.4 Å². The van der Waals surface area contributed by atoms with Crippen molar-refractivity contribution < 1.29 is 14.1 Å². The maximum absolute atomic E-state index is 13.3. The second kappa shape index (κ2) is 9.87. The fraction of sp³-hybridized carbons (Fsp3) is 0.440. The molecule has 0 saturated carbocycles. The maximum Gasteiger partial charge on any atom is 0.245 e. The zero-order valence-corrected chi connectivity index (χ0v) is 20.4. The number of hydrogen-bond donors (Lipinski definition) is 0. The SMILES string of the molecule is CC[C@@H](C(=O)N1CCC[C@H]1C(=O)N(C)Cc1ccc(-c2scnc2C)cc1)c1cc(C)no1. The van der Waals surface area contributed by atoms with Crippen molar-refractivity contribution in [3.8, 4) is 10.4 Å². The first-order chi connectivity index (χ1) is 15.9. The van der Waals surface area contributed by atoms with Gasteiger partial charge in [-0.15, -0.1) is 11.3 Å². The summed E-state index contributed by atoms with van der Waals surface area (Å²) in [4.78, 5) is 35.6. The quantitative estimate of drug-likeness (QED) is 0.510. The first-order valence-corrected chi connectivity index (χ1v) is 12.2. The third kappa shape index (κ3) is 4.85. The molecule has 2 amide bonds. The molecular formula is C25H30N4O3S. The third-order valence-corrected chi connectivity index (χ3v) is 7.25. The first-order valence-electron chi connectivity index (χ1n) is 11.4. The van der Waals surface area contributed by atoms with E-state index in [1.165, 1.54) is 4.88 Å². The van der Waals surface area contributed by atoms with Gasteiger partial charge in [0.15, 0.2) is 0 Å². The van der Waals surface area contributed by atoms with Crippen LogP contribution in [0.4, 0.5) is 0 Å². The van der Waals surface area contributed by atoms with E-state index in [2.05, 4.69) is 34.4 Å². The van der Waals surface area contributed by atoms with Gasteiger partial charge in [0.25, 0.3) is 0 Å². The van der Waals surface area contributed by atoms with Crippen LogP contribution in [0.1, 0.15) is 54.8 Å². The molecule has 2 aromatic heterocycles. The van der Waals surface area contributed by atoms with E-state index in [0.29, 0.717) is 31.7 Å². The van der Waals surface area contributed by atoms with Crippen LogP contribution in [0.25, 0.3) is 10.4 Å². The maximum atomic E-state index is 13.3. The number of benzene rings is 1. The van der Waals surface area contributed by atoms with Crippen molar-refractivity contribution in [2.45, 2.75) is 58.5 Å². The second-order valence-corrected chi connectivity index (χ2v) is 9.53. The van der Waals surface area contributed by atoms with Gasteiger partial charge in [-0.05, 0) is 44.2 Å². The number of carbonyl (C=O) groups excluding carboxylic acids is 2. The van der Waals surface area contributed by atoms with Crippen molar-refractivity contribution in [2.75, 3.05) is 13.6 Å². The Morgan fingerprint density at radius 2 is 2.03 bits per heavy atom. The van der Waals surface area contributed by atoms with Gasteiger partial charge in [0.2, 0.25) is 11.8 Å². The van der Waals surface area contributed by atoms with Crippen LogP contribution in [0.2, 0.25) is 0 Å². The molecule has 1 aliphatic rings. The van der Waals surface area contributed by atoms with E-state index < -0.39 is 12.0 Å². The van der Waals surface area contributed by atoms with Gasteiger partial charge in [-0.1, -0.05) is 36.3 Å². The van der Waals surface area contributed by atoms with E-state index in [0.717, 1.165) is 28.9 Å². The highest BCUT2D eigenvalue weighted by Gasteiger charge is 2.39. The molecule has 0 bridgehead atoms. The van der Waals surface area contributed by atoms with Crippen LogP contribution in [0.15, 0.2) is 40.4 Å². The van der Waals surface area contributed by atoms with Crippen molar-refractivity contribution in [3.63, 3.8) is 0 Å². The number of likely N-dealkylation sites (tertiary alicyclic amines) is 1. The number of aryl methyl sites for hydroxylation is 2. The third-order valence-electron chi connectivity index (χ3n) is 6.27. The van der Waals surface area contributed by atoms with Crippen molar-refractivity contribution >= 4 is 23.2 Å². The van der Waals surface area contributed by atoms with Crippen molar-refractivity contribution in [3.05, 3.63) is 58.6 Å². The predicted molar refractivity (Wildman–Crippen MR) is 128 cm³/mol. The Morgan fingerprint density at radius 3 is 2.64 bits per heavy atom. The molecule has 3 aromatic rings. The topological polar surface area (TPSA) is 79.5 Å². The number of nitrogens with zero attached hydrogens (tertiary/aromatic N) is 4. The molecule has 0 radical (unpaired) electrons. The molecule has 1 saturated heterocycles. The molecule has 4 rings (SSSR count). The molecule has 3 heterocycles. The molecule has 0 spiro atoms. The zero-order valence-electron chi connectivity index (χ0n) is 19.6. The largest absolute Gasteiger partial charge is 0.360 e. The number of likely N-dealkylation sites (N-methyl/N-ethyl adjacent to an activating group) is 1. The molecule has 174 valence electrons. The van der Waals surface area contributed by atoms with E-state index in [1.807, 2.05) is 39.4 Å². The molecule has 0 aliphatic carbocycles. The summed E-state index contributed by atoms with van der Waals surface area (Å²) in [6.45, 7) is 6.89. The number of hydrogen-bond acceptors (Lipinski definition) is 6. The van der Waals surface area contributed by atoms with Gasteiger partial charge in [0.05, 0.1) is 27.7 Å². The van der Waals surface area contributed by atoms with Crippen LogP contribution >= 0.6 is 11.3 Å². The molecule has 33 heavy (non-hydrogen) atoms. The molecule has 0 N–H and O–H groups in total. The average Bonchev–Trinajstić information content (AvgIpc) is 3.55. The number of rotatable bonds is 7. The minimum absolute atomic E-state index is 0.0215.